The van der Waals surface area contributed by atoms with E-state index in [1.54, 1.807) is 18.1 Å². The predicted octanol–water partition coefficient (Wildman–Crippen LogP) is 2.57. The Balaban J connectivity index is 1.57. The Morgan fingerprint density at radius 1 is 1.31 bits per heavy atom. The zero-order chi connectivity index (χ0) is 20.9. The molecule has 4 heterocycles. The normalized spacial score (nSPS) is 20.9. The van der Waals surface area contributed by atoms with Crippen molar-refractivity contribution in [1.29, 1.82) is 0 Å². The van der Waals surface area contributed by atoms with Crippen LogP contribution in [-0.4, -0.2) is 76.8 Å². The maximum atomic E-state index is 12.4. The van der Waals surface area contributed by atoms with Gasteiger partial charge in [-0.3, -0.25) is 4.79 Å². The zero-order valence-electron chi connectivity index (χ0n) is 16.8. The van der Waals surface area contributed by atoms with Gasteiger partial charge in [0.15, 0.2) is 17.5 Å². The van der Waals surface area contributed by atoms with E-state index >= 15 is 0 Å². The average Bonchev–Trinajstić information content (AvgIpc) is 3.25. The fraction of sp³-hybridized carbons (Fsp3) is 0.526. The number of rotatable bonds is 1. The topological polar surface area (TPSA) is 90.7 Å². The second kappa shape index (κ2) is 7.08. The van der Waals surface area contributed by atoms with Crippen LogP contribution in [0.4, 0.5) is 16.3 Å². The first-order valence-corrected chi connectivity index (χ1v) is 10.3. The van der Waals surface area contributed by atoms with Crippen molar-refractivity contribution in [2.45, 2.75) is 38.8 Å². The molecule has 29 heavy (non-hydrogen) atoms. The summed E-state index contributed by atoms with van der Waals surface area (Å²) < 4.78 is 6.29. The van der Waals surface area contributed by atoms with E-state index in [0.717, 1.165) is 16.6 Å². The van der Waals surface area contributed by atoms with Gasteiger partial charge in [0.1, 0.15) is 12.1 Å². The Morgan fingerprint density at radius 3 is 2.79 bits per heavy atom. The Bertz CT molecular complexity index is 938. The molecular weight excluding hydrogens is 440 g/mol. The molecule has 1 saturated heterocycles. The van der Waals surface area contributed by atoms with Crippen LogP contribution in [-0.2, 0) is 9.53 Å². The van der Waals surface area contributed by atoms with Crippen molar-refractivity contribution in [2.75, 3.05) is 31.6 Å². The lowest BCUT2D eigenvalue weighted by molar-refractivity contribution is -0.115. The lowest BCUT2D eigenvalue weighted by Crippen LogP contribution is -2.47. The second-order valence-corrected chi connectivity index (χ2v) is 9.24. The molecule has 2 amide bonds. The second-order valence-electron chi connectivity index (χ2n) is 8.33. The summed E-state index contributed by atoms with van der Waals surface area (Å²) in [6.45, 7) is 7.01. The molecule has 0 spiro atoms. The maximum absolute atomic E-state index is 12.4. The molecule has 0 aliphatic carbocycles. The van der Waals surface area contributed by atoms with Crippen LogP contribution < -0.4 is 4.90 Å². The molecule has 4 rings (SSSR count). The largest absolute Gasteiger partial charge is 0.444 e. The summed E-state index contributed by atoms with van der Waals surface area (Å²) in [4.78, 5) is 43.3. The fourth-order valence-electron chi connectivity index (χ4n) is 3.60. The number of aromatic nitrogens is 1. The molecule has 1 aromatic rings. The summed E-state index contributed by atoms with van der Waals surface area (Å²) >= 11 is 3.42. The minimum Gasteiger partial charge on any atom is -0.444 e. The summed E-state index contributed by atoms with van der Waals surface area (Å²) in [5.41, 5.74) is 0.217. The predicted molar refractivity (Wildman–Crippen MR) is 113 cm³/mol. The van der Waals surface area contributed by atoms with Crippen LogP contribution in [0.2, 0.25) is 0 Å². The number of fused-ring (bicyclic) bond motifs is 3. The van der Waals surface area contributed by atoms with Crippen molar-refractivity contribution in [2.24, 2.45) is 9.98 Å². The van der Waals surface area contributed by atoms with Gasteiger partial charge < -0.3 is 19.4 Å². The molecule has 0 unspecified atom stereocenters. The number of hydrogen-bond acceptors (Lipinski definition) is 7. The van der Waals surface area contributed by atoms with E-state index in [4.69, 9.17) is 9.73 Å². The highest BCUT2D eigenvalue weighted by atomic mass is 79.9. The summed E-state index contributed by atoms with van der Waals surface area (Å²) in [7, 11) is 1.75. The number of anilines is 1. The minimum absolute atomic E-state index is 0.0158. The lowest BCUT2D eigenvalue weighted by atomic mass is 10.2. The van der Waals surface area contributed by atoms with Crippen LogP contribution in [0, 0.1) is 0 Å². The third-order valence-corrected chi connectivity index (χ3v) is 5.42. The molecule has 0 saturated carbocycles. The van der Waals surface area contributed by atoms with Gasteiger partial charge in [-0.2, -0.15) is 4.99 Å². The standard InChI is InChI=1S/C19H23BrN6O3/c1-19(2,3)29-18(28)24(4)12-5-6-25(9-12)16-17-22-14(27)10-26(17)13-7-11(20)8-21-15(13)23-16/h7-8,12H,5-6,9-10H2,1-4H3/t12-/m1/s1. The number of ether oxygens (including phenoxy) is 1. The summed E-state index contributed by atoms with van der Waals surface area (Å²) in [5, 5.41) is 0. The van der Waals surface area contributed by atoms with Crippen molar-refractivity contribution < 1.29 is 14.3 Å². The van der Waals surface area contributed by atoms with Gasteiger partial charge in [-0.1, -0.05) is 0 Å². The third kappa shape index (κ3) is 3.85. The van der Waals surface area contributed by atoms with E-state index < -0.39 is 5.60 Å². The monoisotopic (exact) mass is 462 g/mol. The molecule has 0 bridgehead atoms. The number of likely N-dealkylation sites (N-methyl/N-ethyl adjacent to an activating group) is 1. The minimum atomic E-state index is -0.541. The molecule has 10 heteroatoms. The van der Waals surface area contributed by atoms with Crippen LogP contribution in [0.25, 0.3) is 0 Å². The van der Waals surface area contributed by atoms with Crippen LogP contribution in [0.1, 0.15) is 27.2 Å². The highest BCUT2D eigenvalue weighted by molar-refractivity contribution is 9.10. The molecule has 0 N–H and O–H groups in total. The van der Waals surface area contributed by atoms with Crippen LogP contribution in [0.15, 0.2) is 26.7 Å². The highest BCUT2D eigenvalue weighted by Gasteiger charge is 2.40. The molecule has 1 fully saturated rings. The fourth-order valence-corrected chi connectivity index (χ4v) is 3.92. The molecule has 3 aliphatic rings. The number of carbonyl (C=O) groups is 2. The van der Waals surface area contributed by atoms with Crippen LogP contribution in [0.3, 0.4) is 0 Å². The molecule has 1 aromatic heterocycles. The third-order valence-electron chi connectivity index (χ3n) is 4.99. The lowest BCUT2D eigenvalue weighted by Gasteiger charge is -2.31. The van der Waals surface area contributed by atoms with Gasteiger partial charge in [0, 0.05) is 30.8 Å². The van der Waals surface area contributed by atoms with E-state index in [2.05, 4.69) is 30.8 Å². The molecule has 0 aromatic carbocycles. The van der Waals surface area contributed by atoms with Crippen LogP contribution >= 0.6 is 15.9 Å². The Kier molecular flexibility index (Phi) is 4.84. The van der Waals surface area contributed by atoms with Gasteiger partial charge >= 0.3 is 6.09 Å². The number of amidine groups is 2. The van der Waals surface area contributed by atoms with Gasteiger partial charge in [0.2, 0.25) is 0 Å². The Labute approximate surface area is 177 Å². The van der Waals surface area contributed by atoms with E-state index in [-0.39, 0.29) is 24.6 Å². The first kappa shape index (κ1) is 19.8. The number of carbonyl (C=O) groups excluding carboxylic acids is 2. The molecule has 3 aliphatic heterocycles. The molecular formula is C19H23BrN6O3. The van der Waals surface area contributed by atoms with Gasteiger partial charge in [0.25, 0.3) is 5.91 Å². The molecule has 9 nitrogen and oxygen atoms in total. The smallest absolute Gasteiger partial charge is 0.410 e. The number of halogens is 1. The maximum Gasteiger partial charge on any atom is 0.410 e. The van der Waals surface area contributed by atoms with Crippen molar-refractivity contribution >= 4 is 51.1 Å². The Hall–Kier alpha value is -2.49. The van der Waals surface area contributed by atoms with E-state index in [9.17, 15) is 9.59 Å². The first-order chi connectivity index (χ1) is 13.6. The van der Waals surface area contributed by atoms with Crippen molar-refractivity contribution in [3.63, 3.8) is 0 Å². The van der Waals surface area contributed by atoms with Gasteiger partial charge in [-0.05, 0) is 49.2 Å². The zero-order valence-corrected chi connectivity index (χ0v) is 18.4. The van der Waals surface area contributed by atoms with Crippen molar-refractivity contribution in [3.05, 3.63) is 16.7 Å². The van der Waals surface area contributed by atoms with Crippen LogP contribution in [0.5, 0.6) is 0 Å². The summed E-state index contributed by atoms with van der Waals surface area (Å²) in [5.74, 6) is 1.52. The average molecular weight is 463 g/mol. The molecule has 0 radical (unpaired) electrons. The van der Waals surface area contributed by atoms with E-state index in [0.29, 0.717) is 30.6 Å². The van der Waals surface area contributed by atoms with E-state index in [1.807, 2.05) is 31.7 Å². The number of aliphatic imine (C=N–C) groups is 2. The Morgan fingerprint density at radius 2 is 2.07 bits per heavy atom. The first-order valence-electron chi connectivity index (χ1n) is 9.47. The van der Waals surface area contributed by atoms with E-state index in [1.165, 1.54) is 0 Å². The molecule has 154 valence electrons. The van der Waals surface area contributed by atoms with Gasteiger partial charge in [-0.15, -0.1) is 0 Å². The summed E-state index contributed by atoms with van der Waals surface area (Å²) in [6, 6.07) is 1.87. The molecule has 1 atom stereocenters. The van der Waals surface area contributed by atoms with Crippen molar-refractivity contribution in [1.82, 2.24) is 14.8 Å². The van der Waals surface area contributed by atoms with Gasteiger partial charge in [0.05, 0.1) is 11.7 Å². The number of hydrogen-bond donors (Lipinski definition) is 0. The number of pyridine rings is 1. The van der Waals surface area contributed by atoms with Gasteiger partial charge in [-0.25, -0.2) is 14.8 Å². The highest BCUT2D eigenvalue weighted by Crippen LogP contribution is 2.36. The SMILES string of the molecule is CN(C(=O)OC(C)(C)C)[C@@H]1CCN(C2=Nc3ncc(Br)cc3N3CC(=O)N=C23)C1. The number of nitrogens with zero attached hydrogens (tertiary/aromatic N) is 6. The quantitative estimate of drug-likeness (QED) is 0.636. The number of likely N-dealkylation sites (tertiary alicyclic amines) is 1. The van der Waals surface area contributed by atoms with Crippen molar-refractivity contribution in [3.8, 4) is 0 Å². The summed E-state index contributed by atoms with van der Waals surface area (Å²) in [6.07, 6.45) is 2.11. The number of amides is 2.